The van der Waals surface area contributed by atoms with Crippen LogP contribution in [0, 0.1) is 0 Å². The Hall–Kier alpha value is -3.94. The number of aromatic hydroxyl groups is 2. The maximum Gasteiger partial charge on any atom is 0.336 e. The van der Waals surface area contributed by atoms with Gasteiger partial charge in [-0.1, -0.05) is 12.1 Å². The Kier molecular flexibility index (Phi) is 6.28. The summed E-state index contributed by atoms with van der Waals surface area (Å²) in [6.45, 7) is 0. The normalized spacial score (nSPS) is 11.8. The number of carbonyl (C=O) groups is 2. The number of carboxylic acids is 2. The predicted molar refractivity (Wildman–Crippen MR) is 101 cm³/mol. The number of hydrogen-bond acceptors (Lipinski definition) is 6. The van der Waals surface area contributed by atoms with Crippen LogP contribution in [0.15, 0.2) is 47.5 Å². The maximum atomic E-state index is 11.7. The standard InChI is InChI=1S/C20H18O8/c1-27-17-9-11(3-5-15(17)21)7-13(19(23)24)14(20(25)26)8-12-4-6-16(22)18(10-12)28-2/h3-10,21-22H,1-2H3,(H,23,24)(H,25,26)/b13-7-,14-8-. The number of carboxylic acid groups (broad SMARTS) is 2. The molecule has 0 spiro atoms. The predicted octanol–water partition coefficient (Wildman–Crippen LogP) is 2.75. The fraction of sp³-hybridized carbons (Fsp3) is 0.100. The van der Waals surface area contributed by atoms with Gasteiger partial charge in [0.15, 0.2) is 23.0 Å². The number of ether oxygens (including phenoxy) is 2. The molecule has 0 heterocycles. The maximum absolute atomic E-state index is 11.7. The molecule has 0 aromatic heterocycles. The molecule has 0 aliphatic heterocycles. The zero-order chi connectivity index (χ0) is 20.8. The summed E-state index contributed by atoms with van der Waals surface area (Å²) in [4.78, 5) is 23.4. The first kappa shape index (κ1) is 20.4. The van der Waals surface area contributed by atoms with Crippen LogP contribution in [0.5, 0.6) is 23.0 Å². The zero-order valence-corrected chi connectivity index (χ0v) is 15.0. The number of methoxy groups -OCH3 is 2. The molecule has 8 heteroatoms. The lowest BCUT2D eigenvalue weighted by Crippen LogP contribution is -2.11. The molecule has 0 saturated carbocycles. The van der Waals surface area contributed by atoms with Gasteiger partial charge in [0.25, 0.3) is 0 Å². The van der Waals surface area contributed by atoms with Crippen molar-refractivity contribution in [3.63, 3.8) is 0 Å². The number of aliphatic carboxylic acids is 2. The molecular formula is C20H18O8. The summed E-state index contributed by atoms with van der Waals surface area (Å²) < 4.78 is 9.95. The highest BCUT2D eigenvalue weighted by Gasteiger charge is 2.20. The van der Waals surface area contributed by atoms with Gasteiger partial charge in [0.1, 0.15) is 0 Å². The van der Waals surface area contributed by atoms with E-state index >= 15 is 0 Å². The van der Waals surface area contributed by atoms with Gasteiger partial charge < -0.3 is 29.9 Å². The summed E-state index contributed by atoms with van der Waals surface area (Å²) in [5, 5.41) is 38.4. The van der Waals surface area contributed by atoms with Crippen molar-refractivity contribution in [1.82, 2.24) is 0 Å². The molecule has 0 saturated heterocycles. The lowest BCUT2D eigenvalue weighted by molar-refractivity contribution is -0.136. The number of phenols is 2. The quantitative estimate of drug-likeness (QED) is 0.422. The molecule has 0 amide bonds. The molecule has 0 aliphatic carbocycles. The molecule has 0 bridgehead atoms. The molecule has 2 aromatic rings. The summed E-state index contributed by atoms with van der Waals surface area (Å²) in [5.74, 6) is -2.95. The lowest BCUT2D eigenvalue weighted by atomic mass is 10.00. The highest BCUT2D eigenvalue weighted by Crippen LogP contribution is 2.30. The topological polar surface area (TPSA) is 134 Å². The van der Waals surface area contributed by atoms with Gasteiger partial charge in [-0.15, -0.1) is 0 Å². The van der Waals surface area contributed by atoms with E-state index in [9.17, 15) is 30.0 Å². The second-order valence-corrected chi connectivity index (χ2v) is 5.59. The molecule has 0 fully saturated rings. The highest BCUT2D eigenvalue weighted by molar-refractivity contribution is 6.11. The molecule has 4 N–H and O–H groups in total. The van der Waals surface area contributed by atoms with Crippen LogP contribution in [-0.4, -0.2) is 46.6 Å². The summed E-state index contributed by atoms with van der Waals surface area (Å²) in [7, 11) is 2.67. The Morgan fingerprint density at radius 1 is 0.750 bits per heavy atom. The van der Waals surface area contributed by atoms with Gasteiger partial charge in [-0.2, -0.15) is 0 Å². The van der Waals surface area contributed by atoms with E-state index in [1.165, 1.54) is 50.6 Å². The van der Waals surface area contributed by atoms with Crippen molar-refractivity contribution in [2.24, 2.45) is 0 Å². The number of rotatable bonds is 7. The minimum atomic E-state index is -1.45. The van der Waals surface area contributed by atoms with Gasteiger partial charge in [-0.05, 0) is 47.5 Å². The largest absolute Gasteiger partial charge is 0.504 e. The fourth-order valence-electron chi connectivity index (χ4n) is 2.41. The van der Waals surface area contributed by atoms with Gasteiger partial charge in [-0.3, -0.25) is 0 Å². The van der Waals surface area contributed by atoms with Crippen molar-refractivity contribution in [2.75, 3.05) is 14.2 Å². The van der Waals surface area contributed by atoms with E-state index in [0.717, 1.165) is 12.2 Å². The number of hydrogen-bond donors (Lipinski definition) is 4. The van der Waals surface area contributed by atoms with E-state index in [-0.39, 0.29) is 23.0 Å². The molecule has 2 rings (SSSR count). The second-order valence-electron chi connectivity index (χ2n) is 5.59. The van der Waals surface area contributed by atoms with Gasteiger partial charge >= 0.3 is 11.9 Å². The van der Waals surface area contributed by atoms with E-state index in [2.05, 4.69) is 0 Å². The van der Waals surface area contributed by atoms with Crippen LogP contribution in [0.25, 0.3) is 12.2 Å². The minimum absolute atomic E-state index is 0.114. The van der Waals surface area contributed by atoms with E-state index in [1.54, 1.807) is 0 Å². The van der Waals surface area contributed by atoms with Gasteiger partial charge in [0.05, 0.1) is 25.4 Å². The minimum Gasteiger partial charge on any atom is -0.504 e. The van der Waals surface area contributed by atoms with Crippen molar-refractivity contribution in [1.29, 1.82) is 0 Å². The Morgan fingerprint density at radius 3 is 1.39 bits per heavy atom. The van der Waals surface area contributed by atoms with Crippen LogP contribution in [0.2, 0.25) is 0 Å². The monoisotopic (exact) mass is 386 g/mol. The second kappa shape index (κ2) is 8.63. The van der Waals surface area contributed by atoms with Crippen LogP contribution in [0.4, 0.5) is 0 Å². The molecule has 0 aliphatic rings. The molecule has 146 valence electrons. The molecule has 28 heavy (non-hydrogen) atoms. The van der Waals surface area contributed by atoms with Gasteiger partial charge in [0.2, 0.25) is 0 Å². The Labute approximate surface area is 160 Å². The summed E-state index contributed by atoms with van der Waals surface area (Å²) in [5.41, 5.74) is -0.315. The number of benzene rings is 2. The summed E-state index contributed by atoms with van der Waals surface area (Å²) in [6, 6.07) is 8.20. The van der Waals surface area contributed by atoms with E-state index in [1.807, 2.05) is 0 Å². The molecule has 0 atom stereocenters. The SMILES string of the molecule is COc1cc(/C=C(C(=O)O)/C(=C/c2ccc(O)c(OC)c2)C(=O)O)ccc1O. The third-order valence-corrected chi connectivity index (χ3v) is 3.78. The molecule has 0 unspecified atom stereocenters. The number of phenolic OH excluding ortho intramolecular Hbond substituents is 2. The third kappa shape index (κ3) is 4.61. The van der Waals surface area contributed by atoms with Crippen LogP contribution in [0.3, 0.4) is 0 Å². The third-order valence-electron chi connectivity index (χ3n) is 3.78. The van der Waals surface area contributed by atoms with Crippen molar-refractivity contribution in [3.8, 4) is 23.0 Å². The van der Waals surface area contributed by atoms with Crippen LogP contribution in [-0.2, 0) is 9.59 Å². The highest BCUT2D eigenvalue weighted by atomic mass is 16.5. The first-order chi connectivity index (χ1) is 13.3. The smallest absolute Gasteiger partial charge is 0.336 e. The average molecular weight is 386 g/mol. The first-order valence-corrected chi connectivity index (χ1v) is 7.91. The fourth-order valence-corrected chi connectivity index (χ4v) is 2.41. The van der Waals surface area contributed by atoms with E-state index in [4.69, 9.17) is 9.47 Å². The van der Waals surface area contributed by atoms with Gasteiger partial charge in [0, 0.05) is 0 Å². The molecular weight excluding hydrogens is 368 g/mol. The van der Waals surface area contributed by atoms with Crippen molar-refractivity contribution >= 4 is 24.1 Å². The van der Waals surface area contributed by atoms with Crippen LogP contribution in [0.1, 0.15) is 11.1 Å². The Balaban J connectivity index is 2.60. The Bertz CT molecular complexity index is 893. The Morgan fingerprint density at radius 2 is 1.11 bits per heavy atom. The van der Waals surface area contributed by atoms with Crippen LogP contribution < -0.4 is 9.47 Å². The van der Waals surface area contributed by atoms with Crippen molar-refractivity contribution in [2.45, 2.75) is 0 Å². The van der Waals surface area contributed by atoms with Crippen molar-refractivity contribution < 1.29 is 39.5 Å². The zero-order valence-electron chi connectivity index (χ0n) is 15.0. The summed E-state index contributed by atoms with van der Waals surface area (Å²) >= 11 is 0. The summed E-state index contributed by atoms with van der Waals surface area (Å²) in [6.07, 6.45) is 2.31. The molecule has 0 radical (unpaired) electrons. The van der Waals surface area contributed by atoms with Gasteiger partial charge in [-0.25, -0.2) is 9.59 Å². The molecule has 2 aromatic carbocycles. The first-order valence-electron chi connectivity index (χ1n) is 7.91. The van der Waals surface area contributed by atoms with E-state index < -0.39 is 23.1 Å². The lowest BCUT2D eigenvalue weighted by Gasteiger charge is -2.08. The van der Waals surface area contributed by atoms with Crippen molar-refractivity contribution in [3.05, 3.63) is 58.7 Å². The van der Waals surface area contributed by atoms with Crippen LogP contribution >= 0.6 is 0 Å². The molecule has 8 nitrogen and oxygen atoms in total. The average Bonchev–Trinajstić information content (AvgIpc) is 2.66. The van der Waals surface area contributed by atoms with E-state index in [0.29, 0.717) is 11.1 Å².